The molecule has 3 aliphatic rings. The largest absolute Gasteiger partial charge is 0.493 e. The summed E-state index contributed by atoms with van der Waals surface area (Å²) in [5.74, 6) is 0.742. The average molecular weight is 444 g/mol. The number of ketones is 1. The van der Waals surface area contributed by atoms with Crippen molar-refractivity contribution in [2.75, 3.05) is 20.8 Å². The van der Waals surface area contributed by atoms with Gasteiger partial charge in [0.15, 0.2) is 23.2 Å². The van der Waals surface area contributed by atoms with Crippen molar-refractivity contribution in [3.05, 3.63) is 41.0 Å². The van der Waals surface area contributed by atoms with Crippen molar-refractivity contribution >= 4 is 5.78 Å². The second kappa shape index (κ2) is 6.74. The molecule has 5 rings (SSSR count). The molecule has 3 aliphatic heterocycles. The van der Waals surface area contributed by atoms with Gasteiger partial charge in [-0.2, -0.15) is 0 Å². The van der Waals surface area contributed by atoms with E-state index >= 15 is 0 Å². The zero-order valence-corrected chi connectivity index (χ0v) is 18.0. The number of rotatable bonds is 2. The topological polar surface area (TPSA) is 124 Å². The first-order valence-corrected chi connectivity index (χ1v) is 10.2. The van der Waals surface area contributed by atoms with Crippen LogP contribution in [0.4, 0.5) is 0 Å². The molecule has 9 nitrogen and oxygen atoms in total. The molecule has 3 N–H and O–H groups in total. The summed E-state index contributed by atoms with van der Waals surface area (Å²) in [4.78, 5) is 13.6. The minimum atomic E-state index is -2.05. The van der Waals surface area contributed by atoms with Crippen molar-refractivity contribution in [1.82, 2.24) is 0 Å². The van der Waals surface area contributed by atoms with Gasteiger partial charge in [-0.1, -0.05) is 0 Å². The van der Waals surface area contributed by atoms with Crippen LogP contribution in [0.5, 0.6) is 28.7 Å². The van der Waals surface area contributed by atoms with Crippen molar-refractivity contribution in [3.8, 4) is 28.7 Å². The number of carbonyl (C=O) groups excluding carboxylic acids is 1. The molecule has 9 heteroatoms. The van der Waals surface area contributed by atoms with Crippen LogP contribution in [0, 0.1) is 0 Å². The Labute approximate surface area is 184 Å². The molecule has 4 atom stereocenters. The maximum atomic E-state index is 13.6. The van der Waals surface area contributed by atoms with E-state index in [0.717, 1.165) is 0 Å². The van der Waals surface area contributed by atoms with Gasteiger partial charge in [0.05, 0.1) is 25.3 Å². The number of methoxy groups -OCH3 is 2. The molecular weight excluding hydrogens is 420 g/mol. The predicted molar refractivity (Wildman–Crippen MR) is 110 cm³/mol. The number of hydrogen-bond acceptors (Lipinski definition) is 9. The molecule has 0 saturated heterocycles. The number of benzene rings is 2. The second-order valence-corrected chi connectivity index (χ2v) is 8.67. The first kappa shape index (κ1) is 20.9. The SMILES string of the molecule is COc1cc2c(cc1OC)[C@]1(O)C(=O)c3ccc4c(c3O[C@@H]1CO2)[C@H](O)[C@@H](O)C(C)(C)O4. The third kappa shape index (κ3) is 2.58. The molecule has 0 saturated carbocycles. The summed E-state index contributed by atoms with van der Waals surface area (Å²) < 4.78 is 28.3. The van der Waals surface area contributed by atoms with Crippen molar-refractivity contribution in [2.24, 2.45) is 0 Å². The molecule has 0 unspecified atom stereocenters. The van der Waals surface area contributed by atoms with Crippen molar-refractivity contribution in [3.63, 3.8) is 0 Å². The van der Waals surface area contributed by atoms with Crippen LogP contribution < -0.4 is 23.7 Å². The number of fused-ring (bicyclic) bond motifs is 6. The van der Waals surface area contributed by atoms with E-state index in [0.29, 0.717) is 17.2 Å². The zero-order valence-electron chi connectivity index (χ0n) is 18.0. The molecule has 2 aromatic rings. The van der Waals surface area contributed by atoms with Gasteiger partial charge in [0.1, 0.15) is 41.7 Å². The molecule has 0 spiro atoms. The number of Topliss-reactive ketones (excluding diaryl/α,β-unsaturated/α-hetero) is 1. The van der Waals surface area contributed by atoms with E-state index in [-0.39, 0.29) is 34.8 Å². The Morgan fingerprint density at radius 1 is 1.06 bits per heavy atom. The van der Waals surface area contributed by atoms with Gasteiger partial charge in [0.2, 0.25) is 5.78 Å². The van der Waals surface area contributed by atoms with Crippen LogP contribution in [0.25, 0.3) is 0 Å². The van der Waals surface area contributed by atoms with Crippen LogP contribution in [0.3, 0.4) is 0 Å². The Bertz CT molecular complexity index is 1120. The van der Waals surface area contributed by atoms with E-state index in [1.807, 2.05) is 0 Å². The fraction of sp³-hybridized carbons (Fsp3) is 0.435. The van der Waals surface area contributed by atoms with Crippen molar-refractivity contribution in [2.45, 2.75) is 43.4 Å². The smallest absolute Gasteiger partial charge is 0.206 e. The first-order valence-electron chi connectivity index (χ1n) is 10.2. The van der Waals surface area contributed by atoms with Gasteiger partial charge in [-0.25, -0.2) is 0 Å². The average Bonchev–Trinajstić information content (AvgIpc) is 2.77. The Hall–Kier alpha value is -3.01. The second-order valence-electron chi connectivity index (χ2n) is 8.67. The van der Waals surface area contributed by atoms with Crippen LogP contribution in [-0.4, -0.2) is 59.7 Å². The molecule has 32 heavy (non-hydrogen) atoms. The highest BCUT2D eigenvalue weighted by molar-refractivity contribution is 6.07. The normalized spacial score (nSPS) is 29.2. The van der Waals surface area contributed by atoms with Gasteiger partial charge >= 0.3 is 0 Å². The van der Waals surface area contributed by atoms with Crippen molar-refractivity contribution in [1.29, 1.82) is 0 Å². The van der Waals surface area contributed by atoms with E-state index in [4.69, 9.17) is 23.7 Å². The highest BCUT2D eigenvalue weighted by Gasteiger charge is 2.57. The molecule has 0 aliphatic carbocycles. The van der Waals surface area contributed by atoms with Crippen LogP contribution in [0.2, 0.25) is 0 Å². The maximum Gasteiger partial charge on any atom is 0.206 e. The number of carbonyl (C=O) groups is 1. The fourth-order valence-electron chi connectivity index (χ4n) is 4.61. The molecule has 170 valence electrons. The minimum absolute atomic E-state index is 0.0664. The lowest BCUT2D eigenvalue weighted by Crippen LogP contribution is -2.58. The summed E-state index contributed by atoms with van der Waals surface area (Å²) in [6, 6.07) is 6.06. The van der Waals surface area contributed by atoms with E-state index in [9.17, 15) is 20.1 Å². The van der Waals surface area contributed by atoms with Crippen molar-refractivity contribution < 1.29 is 43.8 Å². The Morgan fingerprint density at radius 2 is 1.75 bits per heavy atom. The van der Waals surface area contributed by atoms with Crippen LogP contribution in [-0.2, 0) is 5.60 Å². The predicted octanol–water partition coefficient (Wildman–Crippen LogP) is 1.49. The summed E-state index contributed by atoms with van der Waals surface area (Å²) in [5.41, 5.74) is -2.66. The number of ether oxygens (including phenoxy) is 5. The Morgan fingerprint density at radius 3 is 2.44 bits per heavy atom. The lowest BCUT2D eigenvalue weighted by atomic mass is 9.76. The quantitative estimate of drug-likeness (QED) is 0.632. The van der Waals surface area contributed by atoms with Gasteiger partial charge in [-0.3, -0.25) is 4.79 Å². The standard InChI is InChI=1S/C23H24O9/c1-22(2)21(26)18(24)17-12(32-22)6-5-10-19(17)31-16-9-30-13-8-15(29-4)14(28-3)7-11(13)23(16,27)20(10)25/h5-8,16,18,21,24,26-27H,9H2,1-4H3/t16-,18+,21-,23-/m1/s1. The van der Waals surface area contributed by atoms with Gasteiger partial charge in [0, 0.05) is 11.6 Å². The molecular formula is C23H24O9. The summed E-state index contributed by atoms with van der Waals surface area (Å²) in [6.45, 7) is 3.18. The molecule has 2 aromatic carbocycles. The third-order valence-corrected chi connectivity index (χ3v) is 6.44. The van der Waals surface area contributed by atoms with Crippen LogP contribution in [0.15, 0.2) is 24.3 Å². The van der Waals surface area contributed by atoms with Gasteiger partial charge in [0.25, 0.3) is 0 Å². The molecule has 0 aromatic heterocycles. The Balaban J connectivity index is 1.67. The zero-order chi connectivity index (χ0) is 23.0. The lowest BCUT2D eigenvalue weighted by molar-refractivity contribution is -0.116. The van der Waals surface area contributed by atoms with Crippen LogP contribution in [0.1, 0.15) is 41.4 Å². The number of aliphatic hydroxyl groups excluding tert-OH is 2. The van der Waals surface area contributed by atoms with Crippen LogP contribution >= 0.6 is 0 Å². The minimum Gasteiger partial charge on any atom is -0.493 e. The van der Waals surface area contributed by atoms with Gasteiger partial charge in [-0.05, 0) is 32.0 Å². The molecule has 0 amide bonds. The molecule has 0 fully saturated rings. The lowest BCUT2D eigenvalue weighted by Gasteiger charge is -2.46. The van der Waals surface area contributed by atoms with E-state index in [1.54, 1.807) is 19.9 Å². The van der Waals surface area contributed by atoms with Gasteiger partial charge in [-0.15, -0.1) is 0 Å². The first-order chi connectivity index (χ1) is 15.1. The van der Waals surface area contributed by atoms with E-state index in [1.165, 1.54) is 32.4 Å². The third-order valence-electron chi connectivity index (χ3n) is 6.44. The number of aliphatic hydroxyl groups is 3. The summed E-state index contributed by atoms with van der Waals surface area (Å²) in [5, 5.41) is 33.0. The summed E-state index contributed by atoms with van der Waals surface area (Å²) >= 11 is 0. The highest BCUT2D eigenvalue weighted by atomic mass is 16.6. The van der Waals surface area contributed by atoms with E-state index < -0.39 is 35.3 Å². The number of hydrogen-bond donors (Lipinski definition) is 3. The highest BCUT2D eigenvalue weighted by Crippen LogP contribution is 2.53. The molecule has 0 bridgehead atoms. The monoisotopic (exact) mass is 444 g/mol. The maximum absolute atomic E-state index is 13.6. The summed E-state index contributed by atoms with van der Waals surface area (Å²) in [7, 11) is 2.92. The fourth-order valence-corrected chi connectivity index (χ4v) is 4.61. The van der Waals surface area contributed by atoms with E-state index in [2.05, 4.69) is 0 Å². The molecule has 0 radical (unpaired) electrons. The van der Waals surface area contributed by atoms with Gasteiger partial charge < -0.3 is 39.0 Å². The summed E-state index contributed by atoms with van der Waals surface area (Å²) in [6.07, 6.45) is -3.69. The molecule has 3 heterocycles. The Kier molecular flexibility index (Phi) is 4.40.